The molecule has 0 amide bonds. The number of hydrogen-bond acceptors (Lipinski definition) is 0. The van der Waals surface area contributed by atoms with Gasteiger partial charge >= 0.3 is 0 Å². The largest absolute Gasteiger partial charge is 0.207 e. The average Bonchev–Trinajstić information content (AvgIpc) is 2.29. The SMILES string of the molecule is CC(c1ccc(F)cc1)c1c(F)cccc1F. The molecule has 0 aliphatic rings. The quantitative estimate of drug-likeness (QED) is 0.731. The molecule has 0 aliphatic heterocycles. The van der Waals surface area contributed by atoms with Gasteiger partial charge in [-0.25, -0.2) is 13.2 Å². The zero-order valence-electron chi connectivity index (χ0n) is 9.25. The van der Waals surface area contributed by atoms with Crippen LogP contribution in [0.1, 0.15) is 24.0 Å². The number of rotatable bonds is 2. The molecule has 0 heterocycles. The van der Waals surface area contributed by atoms with Crippen LogP contribution in [0.2, 0.25) is 0 Å². The molecule has 0 aromatic heterocycles. The first-order valence-electron chi connectivity index (χ1n) is 5.29. The van der Waals surface area contributed by atoms with Crippen LogP contribution in [0, 0.1) is 17.5 Å². The lowest BCUT2D eigenvalue weighted by atomic mass is 9.92. The van der Waals surface area contributed by atoms with Crippen LogP contribution in [0.5, 0.6) is 0 Å². The van der Waals surface area contributed by atoms with Crippen LogP contribution < -0.4 is 0 Å². The molecule has 88 valence electrons. The molecule has 1 unspecified atom stereocenters. The van der Waals surface area contributed by atoms with Crippen LogP contribution in [-0.2, 0) is 0 Å². The van der Waals surface area contributed by atoms with E-state index in [0.29, 0.717) is 5.56 Å². The van der Waals surface area contributed by atoms with Gasteiger partial charge in [0.15, 0.2) is 0 Å². The van der Waals surface area contributed by atoms with Gasteiger partial charge in [0.1, 0.15) is 17.5 Å². The van der Waals surface area contributed by atoms with Gasteiger partial charge in [0.25, 0.3) is 0 Å². The standard InChI is InChI=1S/C14H11F3/c1-9(10-5-7-11(15)8-6-10)14-12(16)3-2-4-13(14)17/h2-9H,1H3. The molecule has 0 N–H and O–H groups in total. The Hall–Kier alpha value is -1.77. The van der Waals surface area contributed by atoms with E-state index >= 15 is 0 Å². The highest BCUT2D eigenvalue weighted by Crippen LogP contribution is 2.28. The normalized spacial score (nSPS) is 12.5. The maximum Gasteiger partial charge on any atom is 0.129 e. The van der Waals surface area contributed by atoms with Crippen LogP contribution in [0.25, 0.3) is 0 Å². The molecular formula is C14H11F3. The van der Waals surface area contributed by atoms with Gasteiger partial charge in [-0.1, -0.05) is 25.1 Å². The Morgan fingerprint density at radius 3 is 1.88 bits per heavy atom. The zero-order valence-corrected chi connectivity index (χ0v) is 9.25. The topological polar surface area (TPSA) is 0 Å². The molecule has 2 rings (SSSR count). The molecule has 0 saturated carbocycles. The van der Waals surface area contributed by atoms with E-state index in [1.54, 1.807) is 6.92 Å². The lowest BCUT2D eigenvalue weighted by molar-refractivity contribution is 0.547. The first-order chi connectivity index (χ1) is 8.09. The molecule has 1 atom stereocenters. The van der Waals surface area contributed by atoms with Crippen molar-refractivity contribution < 1.29 is 13.2 Å². The Bertz CT molecular complexity index is 497. The van der Waals surface area contributed by atoms with Crippen molar-refractivity contribution in [3.05, 3.63) is 71.0 Å². The Morgan fingerprint density at radius 1 is 0.824 bits per heavy atom. The molecule has 0 radical (unpaired) electrons. The van der Waals surface area contributed by atoms with Gasteiger partial charge in [0.05, 0.1) is 0 Å². The Balaban J connectivity index is 2.43. The van der Waals surface area contributed by atoms with Crippen LogP contribution >= 0.6 is 0 Å². The van der Waals surface area contributed by atoms with Gasteiger partial charge in [-0.3, -0.25) is 0 Å². The molecule has 17 heavy (non-hydrogen) atoms. The first-order valence-corrected chi connectivity index (χ1v) is 5.29. The third-order valence-corrected chi connectivity index (χ3v) is 2.80. The average molecular weight is 236 g/mol. The van der Waals surface area contributed by atoms with Crippen LogP contribution in [0.3, 0.4) is 0 Å². The molecule has 2 aromatic carbocycles. The van der Waals surface area contributed by atoms with E-state index in [2.05, 4.69) is 0 Å². The second-order valence-corrected chi connectivity index (χ2v) is 3.91. The summed E-state index contributed by atoms with van der Waals surface area (Å²) in [7, 11) is 0. The van der Waals surface area contributed by atoms with E-state index in [1.807, 2.05) is 0 Å². The van der Waals surface area contributed by atoms with E-state index in [9.17, 15) is 13.2 Å². The van der Waals surface area contributed by atoms with Crippen LogP contribution in [-0.4, -0.2) is 0 Å². The molecule has 2 aromatic rings. The fourth-order valence-corrected chi connectivity index (χ4v) is 1.84. The van der Waals surface area contributed by atoms with Crippen molar-refractivity contribution >= 4 is 0 Å². The molecule has 0 aliphatic carbocycles. The maximum absolute atomic E-state index is 13.6. The molecule has 0 spiro atoms. The summed E-state index contributed by atoms with van der Waals surface area (Å²) in [5, 5.41) is 0. The highest BCUT2D eigenvalue weighted by molar-refractivity contribution is 5.33. The maximum atomic E-state index is 13.6. The molecular weight excluding hydrogens is 225 g/mol. The van der Waals surface area contributed by atoms with E-state index in [-0.39, 0.29) is 11.4 Å². The summed E-state index contributed by atoms with van der Waals surface area (Å²) < 4.78 is 39.9. The van der Waals surface area contributed by atoms with Crippen molar-refractivity contribution in [2.24, 2.45) is 0 Å². The summed E-state index contributed by atoms with van der Waals surface area (Å²) >= 11 is 0. The minimum absolute atomic E-state index is 0.0131. The summed E-state index contributed by atoms with van der Waals surface area (Å²) in [4.78, 5) is 0. The van der Waals surface area contributed by atoms with Crippen molar-refractivity contribution in [1.82, 2.24) is 0 Å². The lowest BCUT2D eigenvalue weighted by Crippen LogP contribution is -2.02. The third kappa shape index (κ3) is 2.33. The minimum atomic E-state index is -0.582. The second-order valence-electron chi connectivity index (χ2n) is 3.91. The molecule has 0 saturated heterocycles. The first kappa shape index (κ1) is 11.7. The van der Waals surface area contributed by atoms with Gasteiger partial charge in [0.2, 0.25) is 0 Å². The van der Waals surface area contributed by atoms with Crippen molar-refractivity contribution in [3.8, 4) is 0 Å². The van der Waals surface area contributed by atoms with E-state index in [4.69, 9.17) is 0 Å². The zero-order chi connectivity index (χ0) is 12.4. The highest BCUT2D eigenvalue weighted by atomic mass is 19.1. The van der Waals surface area contributed by atoms with E-state index < -0.39 is 17.6 Å². The summed E-state index contributed by atoms with van der Waals surface area (Å²) in [5.41, 5.74) is 0.689. The second kappa shape index (κ2) is 4.62. The monoisotopic (exact) mass is 236 g/mol. The van der Waals surface area contributed by atoms with Crippen molar-refractivity contribution in [2.75, 3.05) is 0 Å². The summed E-state index contributed by atoms with van der Waals surface area (Å²) in [5.74, 6) is -1.98. The predicted octanol–water partition coefficient (Wildman–Crippen LogP) is 4.26. The van der Waals surface area contributed by atoms with Gasteiger partial charge in [-0.15, -0.1) is 0 Å². The summed E-state index contributed by atoms with van der Waals surface area (Å²) in [6.07, 6.45) is 0. The van der Waals surface area contributed by atoms with E-state index in [1.165, 1.54) is 42.5 Å². The molecule has 0 bridgehead atoms. The highest BCUT2D eigenvalue weighted by Gasteiger charge is 2.17. The number of benzene rings is 2. The minimum Gasteiger partial charge on any atom is -0.207 e. The third-order valence-electron chi connectivity index (χ3n) is 2.80. The lowest BCUT2D eigenvalue weighted by Gasteiger charge is -2.14. The van der Waals surface area contributed by atoms with Crippen molar-refractivity contribution in [3.63, 3.8) is 0 Å². The summed E-state index contributed by atoms with van der Waals surface area (Å²) in [6, 6.07) is 9.40. The summed E-state index contributed by atoms with van der Waals surface area (Å²) in [6.45, 7) is 1.69. The molecule has 0 fully saturated rings. The number of halogens is 3. The van der Waals surface area contributed by atoms with Gasteiger partial charge in [0, 0.05) is 11.5 Å². The van der Waals surface area contributed by atoms with Crippen LogP contribution in [0.4, 0.5) is 13.2 Å². The fourth-order valence-electron chi connectivity index (χ4n) is 1.84. The Labute approximate surface area is 97.7 Å². The van der Waals surface area contributed by atoms with Crippen LogP contribution in [0.15, 0.2) is 42.5 Å². The smallest absolute Gasteiger partial charge is 0.129 e. The molecule has 3 heteroatoms. The molecule has 0 nitrogen and oxygen atoms in total. The Morgan fingerprint density at radius 2 is 1.35 bits per heavy atom. The van der Waals surface area contributed by atoms with E-state index in [0.717, 1.165) is 0 Å². The fraction of sp³-hybridized carbons (Fsp3) is 0.143. The van der Waals surface area contributed by atoms with Crippen molar-refractivity contribution in [1.29, 1.82) is 0 Å². The van der Waals surface area contributed by atoms with Crippen molar-refractivity contribution in [2.45, 2.75) is 12.8 Å². The van der Waals surface area contributed by atoms with Gasteiger partial charge in [-0.2, -0.15) is 0 Å². The van der Waals surface area contributed by atoms with Gasteiger partial charge < -0.3 is 0 Å². The number of hydrogen-bond donors (Lipinski definition) is 0. The Kier molecular flexibility index (Phi) is 3.18. The predicted molar refractivity (Wildman–Crippen MR) is 60.3 cm³/mol. The van der Waals surface area contributed by atoms with Gasteiger partial charge in [-0.05, 0) is 29.8 Å².